The van der Waals surface area contributed by atoms with Crippen LogP contribution in [0.4, 0.5) is 0 Å². The average Bonchev–Trinajstić information content (AvgIpc) is 1.88. The third kappa shape index (κ3) is 3.44. The summed E-state index contributed by atoms with van der Waals surface area (Å²) in [6.45, 7) is 8.15. The van der Waals surface area contributed by atoms with Crippen LogP contribution in [0.2, 0.25) is 0 Å². The van der Waals surface area contributed by atoms with Gasteiger partial charge in [0, 0.05) is 6.04 Å². The van der Waals surface area contributed by atoms with Crippen LogP contribution >= 0.6 is 12.4 Å². The van der Waals surface area contributed by atoms with Crippen LogP contribution in [0.3, 0.4) is 0 Å². The van der Waals surface area contributed by atoms with Gasteiger partial charge < -0.3 is 5.32 Å². The molecule has 0 spiro atoms. The average molecular weight is 178 g/mol. The van der Waals surface area contributed by atoms with Gasteiger partial charge in [-0.15, -0.1) is 12.4 Å². The molecule has 2 unspecified atom stereocenters. The van der Waals surface area contributed by atoms with Gasteiger partial charge >= 0.3 is 0 Å². The molecule has 1 nitrogen and oxygen atoms in total. The van der Waals surface area contributed by atoms with Crippen LogP contribution in [-0.2, 0) is 0 Å². The molecule has 1 aliphatic heterocycles. The highest BCUT2D eigenvalue weighted by atomic mass is 35.5. The van der Waals surface area contributed by atoms with Crippen LogP contribution in [0.5, 0.6) is 0 Å². The van der Waals surface area contributed by atoms with Gasteiger partial charge in [0.2, 0.25) is 0 Å². The molecule has 0 aliphatic carbocycles. The topological polar surface area (TPSA) is 12.0 Å². The highest BCUT2D eigenvalue weighted by Gasteiger charge is 2.19. The molecule has 68 valence electrons. The molecule has 0 aromatic rings. The molecule has 1 heterocycles. The number of hydrogen-bond donors (Lipinski definition) is 1. The molecular weight excluding hydrogens is 158 g/mol. The van der Waals surface area contributed by atoms with Crippen LogP contribution in [0.15, 0.2) is 0 Å². The van der Waals surface area contributed by atoms with Gasteiger partial charge in [-0.05, 0) is 31.2 Å². The lowest BCUT2D eigenvalue weighted by Gasteiger charge is -2.30. The van der Waals surface area contributed by atoms with Crippen molar-refractivity contribution in [2.24, 2.45) is 11.8 Å². The van der Waals surface area contributed by atoms with Gasteiger partial charge in [-0.25, -0.2) is 0 Å². The van der Waals surface area contributed by atoms with Crippen molar-refractivity contribution in [3.8, 4) is 0 Å². The number of nitrogens with one attached hydrogen (secondary N) is 1. The first-order valence-corrected chi connectivity index (χ1v) is 4.43. The molecule has 2 atom stereocenters. The molecule has 1 fully saturated rings. The Hall–Kier alpha value is 0.250. The van der Waals surface area contributed by atoms with Crippen molar-refractivity contribution in [3.05, 3.63) is 0 Å². The van der Waals surface area contributed by atoms with Gasteiger partial charge in [0.1, 0.15) is 0 Å². The summed E-state index contributed by atoms with van der Waals surface area (Å²) in [5.41, 5.74) is 0. The fourth-order valence-corrected chi connectivity index (χ4v) is 1.59. The van der Waals surface area contributed by atoms with E-state index in [2.05, 4.69) is 26.1 Å². The van der Waals surface area contributed by atoms with Gasteiger partial charge in [0.15, 0.2) is 0 Å². The van der Waals surface area contributed by atoms with Crippen molar-refractivity contribution >= 4 is 12.4 Å². The number of halogens is 1. The minimum atomic E-state index is 0. The molecule has 11 heavy (non-hydrogen) atoms. The van der Waals surface area contributed by atoms with Crippen molar-refractivity contribution < 1.29 is 0 Å². The normalized spacial score (nSPS) is 31.6. The smallest absolute Gasteiger partial charge is 0.00902 e. The predicted molar refractivity (Wildman–Crippen MR) is 52.3 cm³/mol. The molecule has 1 N–H and O–H groups in total. The van der Waals surface area contributed by atoms with Crippen LogP contribution in [0.25, 0.3) is 0 Å². The van der Waals surface area contributed by atoms with Crippen molar-refractivity contribution in [3.63, 3.8) is 0 Å². The van der Waals surface area contributed by atoms with E-state index in [1.807, 2.05) is 0 Å². The highest BCUT2D eigenvalue weighted by Crippen LogP contribution is 2.17. The molecule has 0 bridgehead atoms. The molecule has 1 rings (SSSR count). The van der Waals surface area contributed by atoms with E-state index in [9.17, 15) is 0 Å². The fourth-order valence-electron chi connectivity index (χ4n) is 1.59. The maximum absolute atomic E-state index is 3.57. The lowest BCUT2D eigenvalue weighted by atomic mass is 9.90. The van der Waals surface area contributed by atoms with Crippen molar-refractivity contribution in [1.29, 1.82) is 0 Å². The van der Waals surface area contributed by atoms with E-state index in [1.165, 1.54) is 19.4 Å². The van der Waals surface area contributed by atoms with Crippen molar-refractivity contribution in [2.45, 2.75) is 39.7 Å². The summed E-state index contributed by atoms with van der Waals surface area (Å²) in [5.74, 6) is 1.71. The SMILES string of the molecule is CC1CCC(C(C)C)NC1.Cl. The second kappa shape index (κ2) is 5.00. The zero-order valence-corrected chi connectivity index (χ0v) is 8.58. The van der Waals surface area contributed by atoms with Gasteiger partial charge in [0.25, 0.3) is 0 Å². The van der Waals surface area contributed by atoms with E-state index in [-0.39, 0.29) is 12.4 Å². The largest absolute Gasteiger partial charge is 0.313 e. The number of hydrogen-bond acceptors (Lipinski definition) is 1. The Morgan fingerprint density at radius 2 is 1.91 bits per heavy atom. The van der Waals surface area contributed by atoms with Crippen LogP contribution in [0, 0.1) is 11.8 Å². The minimum absolute atomic E-state index is 0. The van der Waals surface area contributed by atoms with E-state index in [0.717, 1.165) is 17.9 Å². The summed E-state index contributed by atoms with van der Waals surface area (Å²) in [6, 6.07) is 0.788. The van der Waals surface area contributed by atoms with E-state index < -0.39 is 0 Å². The maximum Gasteiger partial charge on any atom is 0.00902 e. The number of piperidine rings is 1. The molecule has 1 aliphatic rings. The Kier molecular flexibility index (Phi) is 5.11. The highest BCUT2D eigenvalue weighted by molar-refractivity contribution is 5.85. The van der Waals surface area contributed by atoms with Crippen LogP contribution in [0.1, 0.15) is 33.6 Å². The Bertz CT molecular complexity index is 95.7. The quantitative estimate of drug-likeness (QED) is 0.649. The lowest BCUT2D eigenvalue weighted by molar-refractivity contribution is 0.277. The van der Waals surface area contributed by atoms with Gasteiger partial charge in [0.05, 0.1) is 0 Å². The molecule has 0 saturated carbocycles. The Morgan fingerprint density at radius 1 is 1.27 bits per heavy atom. The standard InChI is InChI=1S/C9H19N.ClH/c1-7(2)9-5-4-8(3)6-10-9;/h7-10H,4-6H2,1-3H3;1H. The molecule has 2 heteroatoms. The summed E-state index contributed by atoms with van der Waals surface area (Å²) >= 11 is 0. The molecular formula is C9H20ClN. The summed E-state index contributed by atoms with van der Waals surface area (Å²) < 4.78 is 0. The number of rotatable bonds is 1. The molecule has 0 aromatic heterocycles. The first kappa shape index (κ1) is 11.2. The summed E-state index contributed by atoms with van der Waals surface area (Å²) in [4.78, 5) is 0. The van der Waals surface area contributed by atoms with E-state index >= 15 is 0 Å². The first-order valence-electron chi connectivity index (χ1n) is 4.43. The fraction of sp³-hybridized carbons (Fsp3) is 1.00. The van der Waals surface area contributed by atoms with Crippen molar-refractivity contribution in [2.75, 3.05) is 6.54 Å². The molecule has 0 amide bonds. The summed E-state index contributed by atoms with van der Waals surface area (Å²) in [7, 11) is 0. The van der Waals surface area contributed by atoms with Gasteiger partial charge in [-0.1, -0.05) is 20.8 Å². The second-order valence-electron chi connectivity index (χ2n) is 3.94. The Balaban J connectivity index is 0.000001000. The van der Waals surface area contributed by atoms with Crippen LogP contribution < -0.4 is 5.32 Å². The third-order valence-electron chi connectivity index (χ3n) is 2.50. The predicted octanol–water partition coefficient (Wildman–Crippen LogP) is 2.45. The third-order valence-corrected chi connectivity index (χ3v) is 2.50. The second-order valence-corrected chi connectivity index (χ2v) is 3.94. The zero-order valence-electron chi connectivity index (χ0n) is 7.76. The summed E-state index contributed by atoms with van der Waals surface area (Å²) in [5, 5.41) is 3.57. The first-order chi connectivity index (χ1) is 4.70. The molecule has 0 radical (unpaired) electrons. The monoisotopic (exact) mass is 177 g/mol. The Morgan fingerprint density at radius 3 is 2.27 bits per heavy atom. The molecule has 1 saturated heterocycles. The lowest BCUT2D eigenvalue weighted by Crippen LogP contribution is -2.41. The van der Waals surface area contributed by atoms with Gasteiger partial charge in [-0.2, -0.15) is 0 Å². The van der Waals surface area contributed by atoms with Gasteiger partial charge in [-0.3, -0.25) is 0 Å². The zero-order chi connectivity index (χ0) is 7.56. The van der Waals surface area contributed by atoms with Crippen LogP contribution in [-0.4, -0.2) is 12.6 Å². The minimum Gasteiger partial charge on any atom is -0.313 e. The molecule has 0 aromatic carbocycles. The maximum atomic E-state index is 3.57. The van der Waals surface area contributed by atoms with Crippen molar-refractivity contribution in [1.82, 2.24) is 5.32 Å². The van der Waals surface area contributed by atoms with E-state index in [4.69, 9.17) is 0 Å². The Labute approximate surface area is 76.4 Å². The van der Waals surface area contributed by atoms with E-state index in [0.29, 0.717) is 0 Å². The van der Waals surface area contributed by atoms with E-state index in [1.54, 1.807) is 0 Å². The summed E-state index contributed by atoms with van der Waals surface area (Å²) in [6.07, 6.45) is 2.79.